The SMILES string of the molecule is Cc1ccc(N)cc1C(=O)N1CCN(Cc2cccc(F)c2)C(=O)C1. The molecule has 3 rings (SSSR count). The van der Waals surface area contributed by atoms with Gasteiger partial charge >= 0.3 is 0 Å². The number of nitrogen functional groups attached to an aromatic ring is 1. The molecule has 1 heterocycles. The summed E-state index contributed by atoms with van der Waals surface area (Å²) in [6, 6.07) is 11.4. The normalized spacial score (nSPS) is 14.7. The smallest absolute Gasteiger partial charge is 0.254 e. The molecular weight excluding hydrogens is 321 g/mol. The lowest BCUT2D eigenvalue weighted by Crippen LogP contribution is -2.51. The predicted molar refractivity (Wildman–Crippen MR) is 93.3 cm³/mol. The molecule has 2 N–H and O–H groups in total. The van der Waals surface area contributed by atoms with E-state index in [2.05, 4.69) is 0 Å². The largest absolute Gasteiger partial charge is 0.399 e. The molecular formula is C19H20FN3O2. The Morgan fingerprint density at radius 3 is 2.72 bits per heavy atom. The summed E-state index contributed by atoms with van der Waals surface area (Å²) in [5.41, 5.74) is 8.37. The Morgan fingerprint density at radius 2 is 2.00 bits per heavy atom. The maximum absolute atomic E-state index is 13.3. The molecule has 0 aromatic heterocycles. The Morgan fingerprint density at radius 1 is 1.20 bits per heavy atom. The van der Waals surface area contributed by atoms with E-state index in [-0.39, 0.29) is 24.2 Å². The first kappa shape index (κ1) is 17.0. The second kappa shape index (κ2) is 6.93. The maximum Gasteiger partial charge on any atom is 0.254 e. The fourth-order valence-electron chi connectivity index (χ4n) is 2.95. The molecule has 0 radical (unpaired) electrons. The zero-order chi connectivity index (χ0) is 18.0. The number of hydrogen-bond donors (Lipinski definition) is 1. The number of halogens is 1. The highest BCUT2D eigenvalue weighted by atomic mass is 19.1. The summed E-state index contributed by atoms with van der Waals surface area (Å²) in [5.74, 6) is -0.662. The lowest BCUT2D eigenvalue weighted by molar-refractivity contribution is -0.135. The summed E-state index contributed by atoms with van der Waals surface area (Å²) in [6.07, 6.45) is 0. The zero-order valence-corrected chi connectivity index (χ0v) is 14.0. The van der Waals surface area contributed by atoms with Crippen molar-refractivity contribution in [2.24, 2.45) is 0 Å². The van der Waals surface area contributed by atoms with Gasteiger partial charge in [0.2, 0.25) is 5.91 Å². The number of nitrogens with two attached hydrogens (primary N) is 1. The van der Waals surface area contributed by atoms with Crippen LogP contribution >= 0.6 is 0 Å². The number of carbonyl (C=O) groups is 2. The van der Waals surface area contributed by atoms with Crippen molar-refractivity contribution in [3.05, 3.63) is 65.0 Å². The monoisotopic (exact) mass is 341 g/mol. The van der Waals surface area contributed by atoms with Crippen LogP contribution in [0.5, 0.6) is 0 Å². The Balaban J connectivity index is 1.68. The Kier molecular flexibility index (Phi) is 4.70. The molecule has 0 bridgehead atoms. The number of hydrogen-bond acceptors (Lipinski definition) is 3. The Bertz CT molecular complexity index is 822. The molecule has 6 heteroatoms. The van der Waals surface area contributed by atoms with Crippen LogP contribution in [0.3, 0.4) is 0 Å². The van der Waals surface area contributed by atoms with Gasteiger partial charge in [0.25, 0.3) is 5.91 Å². The minimum atomic E-state index is -0.323. The van der Waals surface area contributed by atoms with Gasteiger partial charge in [0.15, 0.2) is 0 Å². The van der Waals surface area contributed by atoms with Crippen LogP contribution in [0.1, 0.15) is 21.5 Å². The van der Waals surface area contributed by atoms with Crippen molar-refractivity contribution < 1.29 is 14.0 Å². The first-order valence-corrected chi connectivity index (χ1v) is 8.11. The highest BCUT2D eigenvalue weighted by Crippen LogP contribution is 2.17. The number of rotatable bonds is 3. The number of benzene rings is 2. The fourth-order valence-corrected chi connectivity index (χ4v) is 2.95. The van der Waals surface area contributed by atoms with Crippen molar-refractivity contribution >= 4 is 17.5 Å². The average molecular weight is 341 g/mol. The van der Waals surface area contributed by atoms with E-state index in [0.717, 1.165) is 11.1 Å². The molecule has 0 spiro atoms. The van der Waals surface area contributed by atoms with Crippen LogP contribution in [0.2, 0.25) is 0 Å². The van der Waals surface area contributed by atoms with E-state index < -0.39 is 0 Å². The third-order valence-electron chi connectivity index (χ3n) is 4.36. The van der Waals surface area contributed by atoms with Crippen LogP contribution in [-0.2, 0) is 11.3 Å². The molecule has 130 valence electrons. The lowest BCUT2D eigenvalue weighted by atomic mass is 10.1. The molecule has 1 fully saturated rings. The molecule has 1 aliphatic rings. The summed E-state index contributed by atoms with van der Waals surface area (Å²) >= 11 is 0. The second-order valence-electron chi connectivity index (χ2n) is 6.25. The molecule has 2 aromatic carbocycles. The quantitative estimate of drug-likeness (QED) is 0.871. The maximum atomic E-state index is 13.3. The van der Waals surface area contributed by atoms with Crippen molar-refractivity contribution in [3.63, 3.8) is 0 Å². The summed E-state index contributed by atoms with van der Waals surface area (Å²) < 4.78 is 13.3. The first-order valence-electron chi connectivity index (χ1n) is 8.11. The molecule has 0 atom stereocenters. The highest BCUT2D eigenvalue weighted by Gasteiger charge is 2.28. The van der Waals surface area contributed by atoms with Gasteiger partial charge in [-0.1, -0.05) is 18.2 Å². The molecule has 2 aromatic rings. The molecule has 2 amide bonds. The summed E-state index contributed by atoms with van der Waals surface area (Å²) in [5, 5.41) is 0. The summed E-state index contributed by atoms with van der Waals surface area (Å²) in [6.45, 7) is 3.06. The number of piperazine rings is 1. The predicted octanol–water partition coefficient (Wildman–Crippen LogP) is 2.20. The van der Waals surface area contributed by atoms with Crippen LogP contribution in [-0.4, -0.2) is 41.2 Å². The molecule has 25 heavy (non-hydrogen) atoms. The Hall–Kier alpha value is -2.89. The molecule has 1 aliphatic heterocycles. The second-order valence-corrected chi connectivity index (χ2v) is 6.25. The van der Waals surface area contributed by atoms with Gasteiger partial charge < -0.3 is 15.5 Å². The fraction of sp³-hybridized carbons (Fsp3) is 0.263. The van der Waals surface area contributed by atoms with E-state index in [1.54, 1.807) is 35.2 Å². The lowest BCUT2D eigenvalue weighted by Gasteiger charge is -2.34. The number of anilines is 1. The highest BCUT2D eigenvalue weighted by molar-refractivity contribution is 5.98. The van der Waals surface area contributed by atoms with Gasteiger partial charge in [-0.15, -0.1) is 0 Å². The van der Waals surface area contributed by atoms with E-state index in [0.29, 0.717) is 30.9 Å². The minimum Gasteiger partial charge on any atom is -0.399 e. The number of aryl methyl sites for hydroxylation is 1. The zero-order valence-electron chi connectivity index (χ0n) is 14.0. The van der Waals surface area contributed by atoms with Crippen molar-refractivity contribution in [1.82, 2.24) is 9.80 Å². The molecule has 0 unspecified atom stereocenters. The van der Waals surface area contributed by atoms with Gasteiger partial charge in [0.05, 0.1) is 0 Å². The van der Waals surface area contributed by atoms with E-state index in [1.807, 2.05) is 6.92 Å². The number of carbonyl (C=O) groups excluding carboxylic acids is 2. The van der Waals surface area contributed by atoms with Crippen LogP contribution in [0.15, 0.2) is 42.5 Å². The third-order valence-corrected chi connectivity index (χ3v) is 4.36. The molecule has 1 saturated heterocycles. The topological polar surface area (TPSA) is 66.6 Å². The van der Waals surface area contributed by atoms with Crippen molar-refractivity contribution in [2.75, 3.05) is 25.4 Å². The molecule has 5 nitrogen and oxygen atoms in total. The summed E-state index contributed by atoms with van der Waals surface area (Å²) in [7, 11) is 0. The van der Waals surface area contributed by atoms with E-state index in [4.69, 9.17) is 5.73 Å². The third kappa shape index (κ3) is 3.79. The Labute approximate surface area is 145 Å². The molecule has 0 aliphatic carbocycles. The van der Waals surface area contributed by atoms with E-state index >= 15 is 0 Å². The van der Waals surface area contributed by atoms with Crippen molar-refractivity contribution in [1.29, 1.82) is 0 Å². The van der Waals surface area contributed by atoms with Crippen LogP contribution in [0.4, 0.5) is 10.1 Å². The van der Waals surface area contributed by atoms with Gasteiger partial charge in [-0.2, -0.15) is 0 Å². The van der Waals surface area contributed by atoms with E-state index in [1.165, 1.54) is 17.0 Å². The van der Waals surface area contributed by atoms with Gasteiger partial charge in [0.1, 0.15) is 12.4 Å². The summed E-state index contributed by atoms with van der Waals surface area (Å²) in [4.78, 5) is 28.3. The van der Waals surface area contributed by atoms with Crippen LogP contribution < -0.4 is 5.73 Å². The van der Waals surface area contributed by atoms with Gasteiger partial charge in [0, 0.05) is 30.9 Å². The van der Waals surface area contributed by atoms with Crippen molar-refractivity contribution in [3.8, 4) is 0 Å². The average Bonchev–Trinajstić information content (AvgIpc) is 2.58. The van der Waals surface area contributed by atoms with Gasteiger partial charge in [-0.05, 0) is 42.3 Å². The van der Waals surface area contributed by atoms with Crippen LogP contribution in [0, 0.1) is 12.7 Å². The van der Waals surface area contributed by atoms with Crippen LogP contribution in [0.25, 0.3) is 0 Å². The van der Waals surface area contributed by atoms with Gasteiger partial charge in [-0.3, -0.25) is 9.59 Å². The minimum absolute atomic E-state index is 0.0163. The molecule has 0 saturated carbocycles. The number of nitrogens with zero attached hydrogens (tertiary/aromatic N) is 2. The standard InChI is InChI=1S/C19H20FN3O2/c1-13-5-6-16(21)10-17(13)19(25)23-8-7-22(18(24)12-23)11-14-3-2-4-15(20)9-14/h2-6,9-10H,7-8,11-12,21H2,1H3. The van der Waals surface area contributed by atoms with Gasteiger partial charge in [-0.25, -0.2) is 4.39 Å². The van der Waals surface area contributed by atoms with E-state index in [9.17, 15) is 14.0 Å². The first-order chi connectivity index (χ1) is 11.9. The number of amides is 2. The van der Waals surface area contributed by atoms with Crippen molar-refractivity contribution in [2.45, 2.75) is 13.5 Å².